The fraction of sp³-hybridized carbons (Fsp3) is 0.154. The average Bonchev–Trinajstić information content (AvgIpc) is 2.81. The van der Waals surface area contributed by atoms with Gasteiger partial charge in [-0.25, -0.2) is 8.42 Å². The van der Waals surface area contributed by atoms with E-state index in [2.05, 4.69) is 5.32 Å². The van der Waals surface area contributed by atoms with Gasteiger partial charge in [-0.15, -0.1) is 0 Å². The van der Waals surface area contributed by atoms with Crippen LogP contribution < -0.4 is 10.7 Å². The standard InChI is InChI=1S/C26H24N2O4S/c1-3-19-11-14-23-22(15-19)26(30)24(33(31,32)21-12-9-18(2)10-13-21)16-28(23)17-25(29)27-20-7-5-4-6-8-20/h4-16H,3,17H2,1-2H3,(H,27,29). The van der Waals surface area contributed by atoms with Crippen molar-refractivity contribution in [3.8, 4) is 0 Å². The first kappa shape index (κ1) is 22.5. The number of hydrogen-bond donors (Lipinski definition) is 1. The quantitative estimate of drug-likeness (QED) is 0.464. The van der Waals surface area contributed by atoms with Crippen LogP contribution in [0.25, 0.3) is 10.9 Å². The predicted octanol–water partition coefficient (Wildman–Crippen LogP) is 4.34. The second kappa shape index (κ2) is 9.03. The van der Waals surface area contributed by atoms with Gasteiger partial charge in [-0.05, 0) is 55.3 Å². The summed E-state index contributed by atoms with van der Waals surface area (Å²) in [5.74, 6) is -0.329. The molecule has 0 radical (unpaired) electrons. The number of benzene rings is 3. The van der Waals surface area contributed by atoms with E-state index >= 15 is 0 Å². The number of aryl methyl sites for hydroxylation is 2. The first-order valence-corrected chi connectivity index (χ1v) is 12.1. The Balaban J connectivity index is 1.85. The monoisotopic (exact) mass is 460 g/mol. The molecule has 0 atom stereocenters. The molecule has 0 unspecified atom stereocenters. The van der Waals surface area contributed by atoms with Crippen LogP contribution in [0.2, 0.25) is 0 Å². The molecule has 0 saturated heterocycles. The highest BCUT2D eigenvalue weighted by atomic mass is 32.2. The maximum atomic E-state index is 13.4. The number of sulfone groups is 1. The Morgan fingerprint density at radius 1 is 0.970 bits per heavy atom. The van der Waals surface area contributed by atoms with Crippen LogP contribution in [0.15, 0.2) is 93.6 Å². The third-order valence-electron chi connectivity index (χ3n) is 5.51. The lowest BCUT2D eigenvalue weighted by molar-refractivity contribution is -0.116. The molecule has 0 bridgehead atoms. The summed E-state index contributed by atoms with van der Waals surface area (Å²) in [5.41, 5.74) is 2.39. The van der Waals surface area contributed by atoms with Crippen LogP contribution in [0.1, 0.15) is 18.1 Å². The summed E-state index contributed by atoms with van der Waals surface area (Å²) < 4.78 is 28.3. The molecule has 1 N–H and O–H groups in total. The Morgan fingerprint density at radius 3 is 2.33 bits per heavy atom. The van der Waals surface area contributed by atoms with E-state index in [1.165, 1.54) is 22.9 Å². The van der Waals surface area contributed by atoms with Gasteiger partial charge in [0.05, 0.1) is 10.4 Å². The van der Waals surface area contributed by atoms with Crippen molar-refractivity contribution in [3.05, 3.63) is 100 Å². The topological polar surface area (TPSA) is 85.2 Å². The maximum Gasteiger partial charge on any atom is 0.244 e. The molecule has 33 heavy (non-hydrogen) atoms. The number of hydrogen-bond acceptors (Lipinski definition) is 4. The number of fused-ring (bicyclic) bond motifs is 1. The molecule has 0 aliphatic rings. The minimum Gasteiger partial charge on any atom is -0.336 e. The van der Waals surface area contributed by atoms with E-state index in [0.29, 0.717) is 17.6 Å². The van der Waals surface area contributed by atoms with Crippen molar-refractivity contribution in [2.45, 2.75) is 36.6 Å². The molecule has 6 nitrogen and oxygen atoms in total. The van der Waals surface area contributed by atoms with Gasteiger partial charge in [0.2, 0.25) is 21.2 Å². The number of amides is 1. The first-order chi connectivity index (χ1) is 15.8. The molecule has 4 aromatic rings. The molecule has 1 amide bonds. The highest BCUT2D eigenvalue weighted by Crippen LogP contribution is 2.23. The third kappa shape index (κ3) is 4.59. The summed E-state index contributed by atoms with van der Waals surface area (Å²) in [6, 6.07) is 20.7. The number of rotatable bonds is 6. The van der Waals surface area contributed by atoms with E-state index in [1.807, 2.05) is 38.1 Å². The second-order valence-corrected chi connectivity index (χ2v) is 9.80. The summed E-state index contributed by atoms with van der Waals surface area (Å²) in [6.07, 6.45) is 1.97. The van der Waals surface area contributed by atoms with E-state index in [-0.39, 0.29) is 27.6 Å². The normalized spacial score (nSPS) is 11.5. The van der Waals surface area contributed by atoms with Crippen LogP contribution in [0, 0.1) is 6.92 Å². The maximum absolute atomic E-state index is 13.4. The van der Waals surface area contributed by atoms with Crippen LogP contribution >= 0.6 is 0 Å². The van der Waals surface area contributed by atoms with Crippen LogP contribution in [0.5, 0.6) is 0 Å². The minimum absolute atomic E-state index is 0.0384. The van der Waals surface area contributed by atoms with Crippen molar-refractivity contribution in [1.82, 2.24) is 4.57 Å². The van der Waals surface area contributed by atoms with Crippen LogP contribution in [0.4, 0.5) is 5.69 Å². The van der Waals surface area contributed by atoms with E-state index < -0.39 is 15.3 Å². The number of para-hydroxylation sites is 1. The van der Waals surface area contributed by atoms with Gasteiger partial charge in [0.15, 0.2) is 0 Å². The number of carbonyl (C=O) groups excluding carboxylic acids is 1. The largest absolute Gasteiger partial charge is 0.336 e. The smallest absolute Gasteiger partial charge is 0.244 e. The van der Waals surface area contributed by atoms with Gasteiger partial charge in [-0.2, -0.15) is 0 Å². The van der Waals surface area contributed by atoms with E-state index in [0.717, 1.165) is 11.1 Å². The Labute approximate surface area is 192 Å². The summed E-state index contributed by atoms with van der Waals surface area (Å²) in [5, 5.41) is 3.07. The summed E-state index contributed by atoms with van der Waals surface area (Å²) in [4.78, 5) is 25.8. The number of aromatic nitrogens is 1. The van der Waals surface area contributed by atoms with Crippen LogP contribution in [0.3, 0.4) is 0 Å². The molecule has 3 aromatic carbocycles. The van der Waals surface area contributed by atoms with Gasteiger partial charge in [0, 0.05) is 17.3 Å². The highest BCUT2D eigenvalue weighted by Gasteiger charge is 2.24. The molecular weight excluding hydrogens is 436 g/mol. The Morgan fingerprint density at radius 2 is 1.67 bits per heavy atom. The van der Waals surface area contributed by atoms with Crippen molar-refractivity contribution in [1.29, 1.82) is 0 Å². The number of nitrogens with one attached hydrogen (secondary N) is 1. The molecular formula is C26H24N2O4S. The predicted molar refractivity (Wildman–Crippen MR) is 129 cm³/mol. The fourth-order valence-corrected chi connectivity index (χ4v) is 5.05. The van der Waals surface area contributed by atoms with Crippen molar-refractivity contribution < 1.29 is 13.2 Å². The molecule has 168 valence electrons. The molecule has 4 rings (SSSR count). The number of pyridine rings is 1. The van der Waals surface area contributed by atoms with Crippen molar-refractivity contribution in [2.75, 3.05) is 5.32 Å². The lowest BCUT2D eigenvalue weighted by Gasteiger charge is -2.15. The van der Waals surface area contributed by atoms with Gasteiger partial charge in [-0.3, -0.25) is 9.59 Å². The van der Waals surface area contributed by atoms with Crippen LogP contribution in [-0.2, 0) is 27.6 Å². The zero-order chi connectivity index (χ0) is 23.6. The summed E-state index contributed by atoms with van der Waals surface area (Å²) in [7, 11) is -4.08. The third-order valence-corrected chi connectivity index (χ3v) is 7.28. The van der Waals surface area contributed by atoms with Crippen molar-refractivity contribution >= 4 is 32.3 Å². The van der Waals surface area contributed by atoms with Gasteiger partial charge in [-0.1, -0.05) is 48.9 Å². The Hall–Kier alpha value is -3.71. The van der Waals surface area contributed by atoms with Gasteiger partial charge >= 0.3 is 0 Å². The summed E-state index contributed by atoms with van der Waals surface area (Å²) >= 11 is 0. The molecule has 0 fully saturated rings. The Kier molecular flexibility index (Phi) is 6.16. The van der Waals surface area contributed by atoms with Gasteiger partial charge < -0.3 is 9.88 Å². The van der Waals surface area contributed by atoms with Crippen LogP contribution in [-0.4, -0.2) is 18.9 Å². The van der Waals surface area contributed by atoms with E-state index in [4.69, 9.17) is 0 Å². The lowest BCUT2D eigenvalue weighted by Crippen LogP contribution is -2.24. The zero-order valence-electron chi connectivity index (χ0n) is 18.4. The lowest BCUT2D eigenvalue weighted by atomic mass is 10.1. The minimum atomic E-state index is -4.08. The molecule has 0 spiro atoms. The summed E-state index contributed by atoms with van der Waals surface area (Å²) in [6.45, 7) is 3.67. The van der Waals surface area contributed by atoms with E-state index in [9.17, 15) is 18.0 Å². The molecule has 0 saturated carbocycles. The van der Waals surface area contributed by atoms with Gasteiger partial charge in [0.1, 0.15) is 11.4 Å². The number of anilines is 1. The molecule has 1 heterocycles. The molecule has 0 aliphatic heterocycles. The number of carbonyl (C=O) groups is 1. The SMILES string of the molecule is CCc1ccc2c(c1)c(=O)c(S(=O)(=O)c1ccc(C)cc1)cn2CC(=O)Nc1ccccc1. The Bertz CT molecular complexity index is 1490. The first-order valence-electron chi connectivity index (χ1n) is 10.6. The second-order valence-electron chi connectivity index (χ2n) is 7.89. The zero-order valence-corrected chi connectivity index (χ0v) is 19.2. The average molecular weight is 461 g/mol. The van der Waals surface area contributed by atoms with Crippen molar-refractivity contribution in [3.63, 3.8) is 0 Å². The molecule has 0 aliphatic carbocycles. The van der Waals surface area contributed by atoms with Gasteiger partial charge in [0.25, 0.3) is 0 Å². The van der Waals surface area contributed by atoms with E-state index in [1.54, 1.807) is 36.4 Å². The van der Waals surface area contributed by atoms with Crippen molar-refractivity contribution in [2.24, 2.45) is 0 Å². The highest BCUT2D eigenvalue weighted by molar-refractivity contribution is 7.91. The molecule has 7 heteroatoms. The molecule has 1 aromatic heterocycles. The fourth-order valence-electron chi connectivity index (χ4n) is 3.68. The number of nitrogens with zero attached hydrogens (tertiary/aromatic N) is 1.